The summed E-state index contributed by atoms with van der Waals surface area (Å²) < 4.78 is 25.0. The van der Waals surface area contributed by atoms with Crippen LogP contribution in [0.15, 0.2) is 52.9 Å². The van der Waals surface area contributed by atoms with Crippen LogP contribution in [0.1, 0.15) is 30.2 Å². The van der Waals surface area contributed by atoms with Crippen molar-refractivity contribution in [1.29, 1.82) is 5.26 Å². The highest BCUT2D eigenvalue weighted by molar-refractivity contribution is 5.97. The minimum absolute atomic E-state index is 0.0750. The highest BCUT2D eigenvalue weighted by Gasteiger charge is 2.46. The van der Waals surface area contributed by atoms with E-state index in [1.807, 2.05) is 12.1 Å². The molecule has 1 saturated heterocycles. The van der Waals surface area contributed by atoms with E-state index in [4.69, 9.17) is 9.15 Å². The van der Waals surface area contributed by atoms with Gasteiger partial charge in [-0.2, -0.15) is 5.26 Å². The van der Waals surface area contributed by atoms with Gasteiger partial charge in [0.1, 0.15) is 11.3 Å². The molecule has 2 aromatic carbocycles. The highest BCUT2D eigenvalue weighted by Crippen LogP contribution is 2.40. The third kappa shape index (κ3) is 3.00. The summed E-state index contributed by atoms with van der Waals surface area (Å²) >= 11 is 0. The second-order valence-corrected chi connectivity index (χ2v) is 6.65. The fourth-order valence-electron chi connectivity index (χ4n) is 3.70. The first kappa shape index (κ1) is 17.4. The molecule has 1 aromatic heterocycles. The molecular formula is C21H17FN2O3. The van der Waals surface area contributed by atoms with Crippen molar-refractivity contribution >= 4 is 16.9 Å². The highest BCUT2D eigenvalue weighted by atomic mass is 19.1. The summed E-state index contributed by atoms with van der Waals surface area (Å²) in [6.45, 7) is 0.738. The van der Waals surface area contributed by atoms with Crippen molar-refractivity contribution in [3.8, 4) is 6.07 Å². The second-order valence-electron chi connectivity index (χ2n) is 6.65. The molecule has 0 N–H and O–H groups in total. The van der Waals surface area contributed by atoms with Gasteiger partial charge in [-0.05, 0) is 42.7 Å². The Balaban J connectivity index is 1.79. The predicted octanol–water partition coefficient (Wildman–Crippen LogP) is 3.89. The van der Waals surface area contributed by atoms with Gasteiger partial charge in [-0.3, -0.25) is 4.79 Å². The van der Waals surface area contributed by atoms with Crippen molar-refractivity contribution in [3.63, 3.8) is 0 Å². The SMILES string of the molecule is N#C[C@H](C(=O)C1(c2cccc(F)c2)CCOCC1)c1nc2ccccc2o1. The Labute approximate surface area is 155 Å². The summed E-state index contributed by atoms with van der Waals surface area (Å²) in [6, 6.07) is 15.2. The molecule has 6 heteroatoms. The van der Waals surface area contributed by atoms with E-state index in [1.165, 1.54) is 12.1 Å². The van der Waals surface area contributed by atoms with Crippen molar-refractivity contribution in [2.24, 2.45) is 0 Å². The normalized spacial score (nSPS) is 17.3. The molecule has 5 nitrogen and oxygen atoms in total. The molecule has 0 radical (unpaired) electrons. The van der Waals surface area contributed by atoms with Gasteiger partial charge in [-0.25, -0.2) is 9.37 Å². The van der Waals surface area contributed by atoms with Gasteiger partial charge in [-0.1, -0.05) is 24.3 Å². The van der Waals surface area contributed by atoms with Crippen LogP contribution < -0.4 is 0 Å². The van der Waals surface area contributed by atoms with Crippen molar-refractivity contribution in [2.75, 3.05) is 13.2 Å². The van der Waals surface area contributed by atoms with Crippen LogP contribution in [0, 0.1) is 17.1 Å². The maximum Gasteiger partial charge on any atom is 0.220 e. The van der Waals surface area contributed by atoms with E-state index >= 15 is 0 Å². The van der Waals surface area contributed by atoms with E-state index in [1.54, 1.807) is 30.3 Å². The average Bonchev–Trinajstić information content (AvgIpc) is 3.12. The molecule has 1 fully saturated rings. The first-order valence-corrected chi connectivity index (χ1v) is 8.77. The number of para-hydroxylation sites is 2. The van der Waals surface area contributed by atoms with Crippen molar-refractivity contribution in [2.45, 2.75) is 24.2 Å². The number of oxazole rings is 1. The summed E-state index contributed by atoms with van der Waals surface area (Å²) in [5.74, 6) is -1.84. The average molecular weight is 364 g/mol. The first-order valence-electron chi connectivity index (χ1n) is 8.77. The van der Waals surface area contributed by atoms with Gasteiger partial charge in [0.15, 0.2) is 17.3 Å². The van der Waals surface area contributed by atoms with Crippen LogP contribution in [0.5, 0.6) is 0 Å². The third-order valence-corrected chi connectivity index (χ3v) is 5.14. The number of nitriles is 1. The van der Waals surface area contributed by atoms with Crippen LogP contribution in [0.4, 0.5) is 4.39 Å². The number of hydrogen-bond acceptors (Lipinski definition) is 5. The van der Waals surface area contributed by atoms with E-state index in [-0.39, 0.29) is 11.7 Å². The summed E-state index contributed by atoms with van der Waals surface area (Å²) in [5.41, 5.74) is 0.674. The molecule has 1 atom stereocenters. The molecule has 0 saturated carbocycles. The fraction of sp³-hybridized carbons (Fsp3) is 0.286. The number of aromatic nitrogens is 1. The number of benzene rings is 2. The Kier molecular flexibility index (Phi) is 4.46. The standard InChI is InChI=1S/C21H17FN2O3/c22-15-5-3-4-14(12-15)21(8-10-26-11-9-21)19(25)16(13-23)20-24-17-6-1-2-7-18(17)27-20/h1-7,12,16H,8-11H2/t16-/m1/s1. The number of halogens is 1. The maximum atomic E-state index is 13.9. The fourth-order valence-corrected chi connectivity index (χ4v) is 3.70. The molecule has 3 aromatic rings. The molecule has 1 aliphatic rings. The summed E-state index contributed by atoms with van der Waals surface area (Å²) in [4.78, 5) is 17.9. The number of hydrogen-bond donors (Lipinski definition) is 0. The molecule has 4 rings (SSSR count). The van der Waals surface area contributed by atoms with E-state index in [0.717, 1.165) is 0 Å². The summed E-state index contributed by atoms with van der Waals surface area (Å²) in [7, 11) is 0. The number of rotatable bonds is 4. The molecular weight excluding hydrogens is 347 g/mol. The Hall–Kier alpha value is -3.04. The summed E-state index contributed by atoms with van der Waals surface area (Å²) in [6.07, 6.45) is 0.765. The zero-order chi connectivity index (χ0) is 18.9. The molecule has 2 heterocycles. The number of ether oxygens (including phenoxy) is 1. The second kappa shape index (κ2) is 6.93. The molecule has 0 aliphatic carbocycles. The smallest absolute Gasteiger partial charge is 0.220 e. The number of carbonyl (C=O) groups excluding carboxylic acids is 1. The molecule has 0 amide bonds. The Bertz CT molecular complexity index is 998. The molecule has 136 valence electrons. The minimum atomic E-state index is -1.17. The van der Waals surface area contributed by atoms with Gasteiger partial charge in [0.25, 0.3) is 0 Å². The minimum Gasteiger partial charge on any atom is -0.439 e. The van der Waals surface area contributed by atoms with Gasteiger partial charge in [-0.15, -0.1) is 0 Å². The van der Waals surface area contributed by atoms with Crippen LogP contribution in [0.25, 0.3) is 11.1 Å². The Morgan fingerprint density at radius 1 is 1.19 bits per heavy atom. The molecule has 0 bridgehead atoms. The van der Waals surface area contributed by atoms with E-state index in [2.05, 4.69) is 4.98 Å². The predicted molar refractivity (Wildman–Crippen MR) is 95.5 cm³/mol. The zero-order valence-corrected chi connectivity index (χ0v) is 14.5. The van der Waals surface area contributed by atoms with Gasteiger partial charge in [0.2, 0.25) is 5.89 Å². The van der Waals surface area contributed by atoms with Crippen molar-refractivity contribution in [1.82, 2.24) is 4.98 Å². The zero-order valence-electron chi connectivity index (χ0n) is 14.5. The lowest BCUT2D eigenvalue weighted by atomic mass is 9.68. The van der Waals surface area contributed by atoms with Crippen LogP contribution in [-0.4, -0.2) is 24.0 Å². The Morgan fingerprint density at radius 3 is 2.67 bits per heavy atom. The first-order chi connectivity index (χ1) is 13.1. The molecule has 1 aliphatic heterocycles. The third-order valence-electron chi connectivity index (χ3n) is 5.14. The molecule has 27 heavy (non-hydrogen) atoms. The number of ketones is 1. The largest absolute Gasteiger partial charge is 0.439 e. The van der Waals surface area contributed by atoms with Gasteiger partial charge in [0.05, 0.1) is 11.5 Å². The van der Waals surface area contributed by atoms with Crippen LogP contribution >= 0.6 is 0 Å². The Morgan fingerprint density at radius 2 is 1.96 bits per heavy atom. The van der Waals surface area contributed by atoms with Crippen molar-refractivity contribution < 1.29 is 18.3 Å². The number of carbonyl (C=O) groups is 1. The van der Waals surface area contributed by atoms with Crippen molar-refractivity contribution in [3.05, 3.63) is 65.8 Å². The van der Waals surface area contributed by atoms with E-state index in [0.29, 0.717) is 42.7 Å². The monoisotopic (exact) mass is 364 g/mol. The molecule has 0 unspecified atom stereocenters. The van der Waals surface area contributed by atoms with Gasteiger partial charge in [0, 0.05) is 13.2 Å². The quantitative estimate of drug-likeness (QED) is 0.702. The maximum absolute atomic E-state index is 13.9. The lowest BCUT2D eigenvalue weighted by Gasteiger charge is -2.37. The van der Waals surface area contributed by atoms with Crippen LogP contribution in [0.3, 0.4) is 0 Å². The lowest BCUT2D eigenvalue weighted by Crippen LogP contribution is -2.44. The summed E-state index contributed by atoms with van der Waals surface area (Å²) in [5, 5.41) is 9.75. The van der Waals surface area contributed by atoms with Gasteiger partial charge >= 0.3 is 0 Å². The number of Topliss-reactive ketones (excluding diaryl/α,β-unsaturated/α-hetero) is 1. The number of fused-ring (bicyclic) bond motifs is 1. The van der Waals surface area contributed by atoms with Crippen LogP contribution in [0.2, 0.25) is 0 Å². The lowest BCUT2D eigenvalue weighted by molar-refractivity contribution is -0.129. The topological polar surface area (TPSA) is 76.1 Å². The number of nitrogens with zero attached hydrogens (tertiary/aromatic N) is 2. The van der Waals surface area contributed by atoms with Gasteiger partial charge < -0.3 is 9.15 Å². The van der Waals surface area contributed by atoms with E-state index in [9.17, 15) is 14.4 Å². The van der Waals surface area contributed by atoms with E-state index < -0.39 is 17.2 Å². The molecule has 0 spiro atoms. The van der Waals surface area contributed by atoms with Crippen LogP contribution in [-0.2, 0) is 14.9 Å².